The standard InChI is InChI=1S/C26H30N4O4S/c1-3-18(2)30(17-20-7-6-8-22(15-20)26(27)29-32)25(31)16-19-11-13-21(14-12-19)23-9-4-5-10-24(23)35(28,33)34/h4-15,18,32H,3,16-17H2,1-2H3,(H2,27,29)(H2,28,33,34). The summed E-state index contributed by atoms with van der Waals surface area (Å²) < 4.78 is 23.9. The number of primary sulfonamides is 1. The number of nitrogens with two attached hydrogens (primary N) is 2. The molecule has 5 N–H and O–H groups in total. The second-order valence-electron chi connectivity index (χ2n) is 8.38. The van der Waals surface area contributed by atoms with Crippen molar-refractivity contribution in [2.75, 3.05) is 0 Å². The summed E-state index contributed by atoms with van der Waals surface area (Å²) in [5.41, 5.74) is 9.18. The molecule has 0 aromatic heterocycles. The van der Waals surface area contributed by atoms with Crippen molar-refractivity contribution >= 4 is 21.8 Å². The lowest BCUT2D eigenvalue weighted by molar-refractivity contribution is -0.133. The summed E-state index contributed by atoms with van der Waals surface area (Å²) in [5.74, 6) is -0.0244. The van der Waals surface area contributed by atoms with Gasteiger partial charge in [-0.2, -0.15) is 0 Å². The third-order valence-electron chi connectivity index (χ3n) is 5.94. The van der Waals surface area contributed by atoms with Crippen molar-refractivity contribution in [3.63, 3.8) is 0 Å². The van der Waals surface area contributed by atoms with Crippen LogP contribution >= 0.6 is 0 Å². The van der Waals surface area contributed by atoms with Crippen LogP contribution in [0.3, 0.4) is 0 Å². The van der Waals surface area contributed by atoms with Gasteiger partial charge in [-0.1, -0.05) is 72.7 Å². The first-order valence-corrected chi connectivity index (χ1v) is 12.8. The molecule has 0 fully saturated rings. The zero-order valence-corrected chi connectivity index (χ0v) is 20.6. The van der Waals surface area contributed by atoms with E-state index >= 15 is 0 Å². The fourth-order valence-electron chi connectivity index (χ4n) is 3.83. The Bertz CT molecular complexity index is 1320. The van der Waals surface area contributed by atoms with Crippen LogP contribution in [0.15, 0.2) is 82.8 Å². The molecule has 0 aliphatic carbocycles. The van der Waals surface area contributed by atoms with E-state index in [1.807, 2.05) is 36.9 Å². The van der Waals surface area contributed by atoms with Crippen molar-refractivity contribution in [3.05, 3.63) is 89.5 Å². The van der Waals surface area contributed by atoms with Crippen LogP contribution in [0.25, 0.3) is 11.1 Å². The Morgan fingerprint density at radius 1 is 1.03 bits per heavy atom. The summed E-state index contributed by atoms with van der Waals surface area (Å²) in [6.07, 6.45) is 0.982. The molecule has 0 spiro atoms. The molecular formula is C26H30N4O4S. The number of oxime groups is 1. The summed E-state index contributed by atoms with van der Waals surface area (Å²) in [6.45, 7) is 4.41. The highest BCUT2D eigenvalue weighted by molar-refractivity contribution is 7.89. The average Bonchev–Trinajstić information content (AvgIpc) is 2.86. The van der Waals surface area contributed by atoms with E-state index < -0.39 is 10.0 Å². The second kappa shape index (κ2) is 11.2. The molecule has 8 nitrogen and oxygen atoms in total. The quantitative estimate of drug-likeness (QED) is 0.181. The molecule has 0 saturated carbocycles. The van der Waals surface area contributed by atoms with Crippen molar-refractivity contribution in [1.29, 1.82) is 0 Å². The van der Waals surface area contributed by atoms with E-state index in [9.17, 15) is 13.2 Å². The highest BCUT2D eigenvalue weighted by Gasteiger charge is 2.20. The second-order valence-corrected chi connectivity index (χ2v) is 9.91. The molecular weight excluding hydrogens is 464 g/mol. The Morgan fingerprint density at radius 3 is 2.34 bits per heavy atom. The molecule has 184 valence electrons. The van der Waals surface area contributed by atoms with Gasteiger partial charge < -0.3 is 15.8 Å². The highest BCUT2D eigenvalue weighted by atomic mass is 32.2. The van der Waals surface area contributed by atoms with Gasteiger partial charge in [-0.25, -0.2) is 13.6 Å². The summed E-state index contributed by atoms with van der Waals surface area (Å²) in [7, 11) is -3.86. The van der Waals surface area contributed by atoms with E-state index in [0.29, 0.717) is 23.2 Å². The van der Waals surface area contributed by atoms with Crippen LogP contribution in [-0.2, 0) is 27.8 Å². The lowest BCUT2D eigenvalue weighted by atomic mass is 10.0. The number of carbonyl (C=O) groups excluding carboxylic acids is 1. The molecule has 1 unspecified atom stereocenters. The van der Waals surface area contributed by atoms with Gasteiger partial charge in [0.15, 0.2) is 5.84 Å². The fourth-order valence-corrected chi connectivity index (χ4v) is 4.59. The average molecular weight is 495 g/mol. The highest BCUT2D eigenvalue weighted by Crippen LogP contribution is 2.27. The van der Waals surface area contributed by atoms with Crippen molar-refractivity contribution in [1.82, 2.24) is 4.90 Å². The number of amides is 1. The van der Waals surface area contributed by atoms with Crippen molar-refractivity contribution in [3.8, 4) is 11.1 Å². The number of hydrogen-bond donors (Lipinski definition) is 3. The fraction of sp³-hybridized carbons (Fsp3) is 0.231. The molecule has 1 amide bonds. The van der Waals surface area contributed by atoms with Gasteiger partial charge in [0.05, 0.1) is 11.3 Å². The van der Waals surface area contributed by atoms with Crippen LogP contribution in [0.4, 0.5) is 0 Å². The van der Waals surface area contributed by atoms with Gasteiger partial charge >= 0.3 is 0 Å². The number of nitrogens with zero attached hydrogens (tertiary/aromatic N) is 2. The molecule has 3 aromatic carbocycles. The molecule has 0 aliphatic rings. The minimum Gasteiger partial charge on any atom is -0.409 e. The first-order chi connectivity index (χ1) is 16.6. The minimum absolute atomic E-state index is 0.0101. The smallest absolute Gasteiger partial charge is 0.238 e. The zero-order valence-electron chi connectivity index (χ0n) is 19.8. The van der Waals surface area contributed by atoms with E-state index in [-0.39, 0.29) is 29.1 Å². The van der Waals surface area contributed by atoms with Gasteiger partial charge in [0.25, 0.3) is 0 Å². The van der Waals surface area contributed by atoms with Crippen molar-refractivity contribution in [2.24, 2.45) is 16.0 Å². The van der Waals surface area contributed by atoms with Crippen molar-refractivity contribution in [2.45, 2.75) is 44.2 Å². The van der Waals surface area contributed by atoms with E-state index in [4.69, 9.17) is 16.1 Å². The Kier molecular flexibility index (Phi) is 8.26. The van der Waals surface area contributed by atoms with Gasteiger partial charge in [0, 0.05) is 23.7 Å². The summed E-state index contributed by atoms with van der Waals surface area (Å²) >= 11 is 0. The zero-order chi connectivity index (χ0) is 25.6. The van der Waals surface area contributed by atoms with Crippen LogP contribution in [0.5, 0.6) is 0 Å². The number of rotatable bonds is 9. The predicted molar refractivity (Wildman–Crippen MR) is 136 cm³/mol. The lowest BCUT2D eigenvalue weighted by Gasteiger charge is -2.29. The number of hydrogen-bond acceptors (Lipinski definition) is 5. The maximum Gasteiger partial charge on any atom is 0.238 e. The SMILES string of the molecule is CCC(C)N(Cc1cccc(C(N)=NO)c1)C(=O)Cc1ccc(-c2ccccc2S(N)(=O)=O)cc1. The van der Waals surface area contributed by atoms with Gasteiger partial charge in [-0.15, -0.1) is 0 Å². The molecule has 0 heterocycles. The summed E-state index contributed by atoms with van der Waals surface area (Å²) in [5, 5.41) is 17.4. The number of benzene rings is 3. The first-order valence-electron chi connectivity index (χ1n) is 11.2. The van der Waals surface area contributed by atoms with E-state index in [1.54, 1.807) is 48.5 Å². The number of sulfonamides is 1. The van der Waals surface area contributed by atoms with E-state index in [1.165, 1.54) is 6.07 Å². The molecule has 3 aromatic rings. The third kappa shape index (κ3) is 6.46. The third-order valence-corrected chi connectivity index (χ3v) is 6.91. The molecule has 0 bridgehead atoms. The van der Waals surface area contributed by atoms with E-state index in [0.717, 1.165) is 17.5 Å². The number of amidine groups is 1. The lowest BCUT2D eigenvalue weighted by Crippen LogP contribution is -2.38. The van der Waals surface area contributed by atoms with Gasteiger partial charge in [0.2, 0.25) is 15.9 Å². The minimum atomic E-state index is -3.86. The van der Waals surface area contributed by atoms with Gasteiger partial charge in [-0.3, -0.25) is 4.79 Å². The molecule has 3 rings (SSSR count). The summed E-state index contributed by atoms with van der Waals surface area (Å²) in [4.78, 5) is 15.1. The van der Waals surface area contributed by atoms with Crippen LogP contribution < -0.4 is 10.9 Å². The van der Waals surface area contributed by atoms with Gasteiger partial charge in [0.1, 0.15) is 0 Å². The molecule has 0 saturated heterocycles. The molecule has 0 aliphatic heterocycles. The maximum atomic E-state index is 13.3. The van der Waals surface area contributed by atoms with Crippen LogP contribution in [-0.4, -0.2) is 36.3 Å². The normalized spacial score (nSPS) is 12.8. The Morgan fingerprint density at radius 2 is 1.71 bits per heavy atom. The largest absolute Gasteiger partial charge is 0.409 e. The summed E-state index contributed by atoms with van der Waals surface area (Å²) in [6, 6.07) is 21.0. The molecule has 1 atom stereocenters. The van der Waals surface area contributed by atoms with Gasteiger partial charge in [-0.05, 0) is 42.2 Å². The molecule has 35 heavy (non-hydrogen) atoms. The van der Waals surface area contributed by atoms with E-state index in [2.05, 4.69) is 5.16 Å². The maximum absolute atomic E-state index is 13.3. The topological polar surface area (TPSA) is 139 Å². The number of carbonyl (C=O) groups is 1. The Hall–Kier alpha value is -3.69. The first kappa shape index (κ1) is 25.9. The monoisotopic (exact) mass is 494 g/mol. The Balaban J connectivity index is 1.81. The molecule has 9 heteroatoms. The predicted octanol–water partition coefficient (Wildman–Crippen LogP) is 3.47. The Labute approximate surface area is 205 Å². The van der Waals surface area contributed by atoms with Crippen LogP contribution in [0, 0.1) is 0 Å². The van der Waals surface area contributed by atoms with Crippen molar-refractivity contribution < 1.29 is 18.4 Å². The van der Waals surface area contributed by atoms with Crippen LogP contribution in [0.2, 0.25) is 0 Å². The molecule has 0 radical (unpaired) electrons. The van der Waals surface area contributed by atoms with Crippen LogP contribution in [0.1, 0.15) is 37.0 Å².